The van der Waals surface area contributed by atoms with Gasteiger partial charge < -0.3 is 4.84 Å². The Morgan fingerprint density at radius 1 is 1.67 bits per heavy atom. The highest BCUT2D eigenvalue weighted by Crippen LogP contribution is 1.84. The summed E-state index contributed by atoms with van der Waals surface area (Å²) >= 11 is 0. The first-order valence-electron chi connectivity index (χ1n) is 1.80. The number of hydrogen-bond donors (Lipinski definition) is 1. The fourth-order valence-electron chi connectivity index (χ4n) is 0.105. The quantitative estimate of drug-likeness (QED) is 0.402. The van der Waals surface area contributed by atoms with Gasteiger partial charge in [-0.2, -0.15) is 5.53 Å². The number of hydrogen-bond acceptors (Lipinski definition) is 3. The molecule has 0 saturated heterocycles. The van der Waals surface area contributed by atoms with Gasteiger partial charge in [0.05, 0.1) is 0 Å². The normalized spacial score (nSPS) is 8.50. The van der Waals surface area contributed by atoms with Crippen molar-refractivity contribution in [2.45, 2.75) is 20.0 Å². The lowest BCUT2D eigenvalue weighted by atomic mass is 10.5. The molecule has 0 aromatic carbocycles. The standard InChI is InChI=1S/C3H8N2O/c1-3(2)6-5-4/h3-4H,1-2H3. The van der Waals surface area contributed by atoms with Crippen LogP contribution in [0.3, 0.4) is 0 Å². The first-order chi connectivity index (χ1) is 2.77. The van der Waals surface area contributed by atoms with E-state index in [0.717, 1.165) is 0 Å². The average Bonchev–Trinajstić information content (AvgIpc) is 1.35. The summed E-state index contributed by atoms with van der Waals surface area (Å²) in [7, 11) is 0. The lowest BCUT2D eigenvalue weighted by Crippen LogP contribution is -1.93. The molecule has 1 N–H and O–H groups in total. The molecule has 0 rings (SSSR count). The Hall–Kier alpha value is -0.600. The molecule has 0 spiro atoms. The summed E-state index contributed by atoms with van der Waals surface area (Å²) in [6.45, 7) is 3.64. The Morgan fingerprint density at radius 3 is 2.17 bits per heavy atom. The van der Waals surface area contributed by atoms with Crippen LogP contribution in [0.5, 0.6) is 0 Å². The van der Waals surface area contributed by atoms with E-state index >= 15 is 0 Å². The molecule has 6 heavy (non-hydrogen) atoms. The lowest BCUT2D eigenvalue weighted by molar-refractivity contribution is 0.0626. The van der Waals surface area contributed by atoms with Gasteiger partial charge in [-0.3, -0.25) is 0 Å². The predicted molar refractivity (Wildman–Crippen MR) is 21.4 cm³/mol. The molecule has 0 atom stereocenters. The zero-order valence-electron chi connectivity index (χ0n) is 3.93. The monoisotopic (exact) mass is 88.1 g/mol. The van der Waals surface area contributed by atoms with Crippen molar-refractivity contribution < 1.29 is 4.84 Å². The van der Waals surface area contributed by atoms with Crippen molar-refractivity contribution in [1.82, 2.24) is 0 Å². The largest absolute Gasteiger partial charge is 0.377 e. The molecule has 0 saturated carbocycles. The summed E-state index contributed by atoms with van der Waals surface area (Å²) in [6, 6.07) is 0. The third kappa shape index (κ3) is 3.40. The van der Waals surface area contributed by atoms with Crippen LogP contribution >= 0.6 is 0 Å². The third-order valence-electron chi connectivity index (χ3n) is 0.264. The molecule has 0 unspecified atom stereocenters. The van der Waals surface area contributed by atoms with Crippen molar-refractivity contribution in [2.24, 2.45) is 5.28 Å². The van der Waals surface area contributed by atoms with Crippen molar-refractivity contribution in [1.29, 1.82) is 5.53 Å². The van der Waals surface area contributed by atoms with Gasteiger partial charge in [0.15, 0.2) is 0 Å². The van der Waals surface area contributed by atoms with E-state index in [-0.39, 0.29) is 6.10 Å². The Kier molecular flexibility index (Phi) is 2.36. The Balaban J connectivity index is 2.81. The van der Waals surface area contributed by atoms with Crippen molar-refractivity contribution in [3.05, 3.63) is 0 Å². The zero-order chi connectivity index (χ0) is 4.99. The summed E-state index contributed by atoms with van der Waals surface area (Å²) in [5, 5.41) is 2.69. The van der Waals surface area contributed by atoms with Gasteiger partial charge in [0, 0.05) is 5.28 Å². The maximum Gasteiger partial charge on any atom is 0.123 e. The lowest BCUT2D eigenvalue weighted by Gasteiger charge is -1.94. The summed E-state index contributed by atoms with van der Waals surface area (Å²) in [5.74, 6) is 0. The van der Waals surface area contributed by atoms with Gasteiger partial charge in [-0.25, -0.2) is 0 Å². The van der Waals surface area contributed by atoms with Crippen LogP contribution in [0.15, 0.2) is 5.28 Å². The summed E-state index contributed by atoms with van der Waals surface area (Å²) in [5.41, 5.74) is 6.14. The second-order valence-electron chi connectivity index (χ2n) is 1.25. The Morgan fingerprint density at radius 2 is 2.17 bits per heavy atom. The maximum atomic E-state index is 6.14. The average molecular weight is 88.1 g/mol. The molecule has 0 radical (unpaired) electrons. The molecule has 0 bridgehead atoms. The molecular weight excluding hydrogens is 80.0 g/mol. The maximum absolute atomic E-state index is 6.14. The molecule has 0 aromatic heterocycles. The molecule has 0 aliphatic heterocycles. The van der Waals surface area contributed by atoms with Crippen molar-refractivity contribution >= 4 is 0 Å². The molecule has 0 heterocycles. The van der Waals surface area contributed by atoms with Gasteiger partial charge in [-0.1, -0.05) is 0 Å². The smallest absolute Gasteiger partial charge is 0.123 e. The first-order valence-corrected chi connectivity index (χ1v) is 1.80. The van der Waals surface area contributed by atoms with Crippen molar-refractivity contribution in [2.75, 3.05) is 0 Å². The Bertz CT molecular complexity index is 44.1. The molecule has 0 aromatic rings. The highest BCUT2D eigenvalue weighted by atomic mass is 16.6. The van der Waals surface area contributed by atoms with E-state index < -0.39 is 0 Å². The summed E-state index contributed by atoms with van der Waals surface area (Å²) in [4.78, 5) is 4.33. The molecule has 3 nitrogen and oxygen atoms in total. The van der Waals surface area contributed by atoms with Crippen LogP contribution in [0, 0.1) is 5.53 Å². The minimum absolute atomic E-state index is 0.0440. The molecular formula is C3H8N2O. The predicted octanol–water partition coefficient (Wildman–Crippen LogP) is 1.36. The number of nitrogens with one attached hydrogen (secondary N) is 1. The van der Waals surface area contributed by atoms with Gasteiger partial charge in [0.1, 0.15) is 6.10 Å². The summed E-state index contributed by atoms with van der Waals surface area (Å²) < 4.78 is 0. The second-order valence-corrected chi connectivity index (χ2v) is 1.25. The van der Waals surface area contributed by atoms with Crippen LogP contribution in [-0.2, 0) is 4.84 Å². The van der Waals surface area contributed by atoms with Crippen LogP contribution in [0.25, 0.3) is 0 Å². The van der Waals surface area contributed by atoms with Crippen LogP contribution < -0.4 is 0 Å². The van der Waals surface area contributed by atoms with Gasteiger partial charge in [-0.05, 0) is 13.8 Å². The molecule has 0 fully saturated rings. The molecule has 0 amide bonds. The van der Waals surface area contributed by atoms with Gasteiger partial charge in [-0.15, -0.1) is 0 Å². The SMILES string of the molecule is CC(C)ON=N. The van der Waals surface area contributed by atoms with E-state index in [1.165, 1.54) is 0 Å². The van der Waals surface area contributed by atoms with Crippen molar-refractivity contribution in [3.8, 4) is 0 Å². The molecule has 36 valence electrons. The zero-order valence-corrected chi connectivity index (χ0v) is 3.93. The minimum Gasteiger partial charge on any atom is -0.377 e. The fraction of sp³-hybridized carbons (Fsp3) is 1.00. The minimum atomic E-state index is 0.0440. The molecule has 0 aliphatic carbocycles. The highest BCUT2D eigenvalue weighted by molar-refractivity contribution is 4.26. The highest BCUT2D eigenvalue weighted by Gasteiger charge is 1.84. The number of nitrogens with zero attached hydrogens (tertiary/aromatic N) is 1. The molecule has 0 aliphatic rings. The van der Waals surface area contributed by atoms with Crippen LogP contribution in [-0.4, -0.2) is 6.10 Å². The Labute approximate surface area is 36.8 Å². The first kappa shape index (κ1) is 5.40. The van der Waals surface area contributed by atoms with Gasteiger partial charge >= 0.3 is 0 Å². The van der Waals surface area contributed by atoms with E-state index in [2.05, 4.69) is 10.1 Å². The molecule has 3 heteroatoms. The van der Waals surface area contributed by atoms with E-state index in [1.807, 2.05) is 13.8 Å². The van der Waals surface area contributed by atoms with E-state index in [1.54, 1.807) is 0 Å². The van der Waals surface area contributed by atoms with E-state index in [4.69, 9.17) is 5.53 Å². The van der Waals surface area contributed by atoms with Crippen molar-refractivity contribution in [3.63, 3.8) is 0 Å². The second kappa shape index (κ2) is 2.63. The van der Waals surface area contributed by atoms with Gasteiger partial charge in [0.2, 0.25) is 0 Å². The number of rotatable bonds is 2. The fourth-order valence-corrected chi connectivity index (χ4v) is 0.105. The van der Waals surface area contributed by atoms with Crippen LogP contribution in [0.4, 0.5) is 0 Å². The third-order valence-corrected chi connectivity index (χ3v) is 0.264. The van der Waals surface area contributed by atoms with E-state index in [0.29, 0.717) is 0 Å². The van der Waals surface area contributed by atoms with E-state index in [9.17, 15) is 0 Å². The van der Waals surface area contributed by atoms with Crippen LogP contribution in [0.1, 0.15) is 13.8 Å². The van der Waals surface area contributed by atoms with Crippen LogP contribution in [0.2, 0.25) is 0 Å². The topological polar surface area (TPSA) is 45.4 Å². The van der Waals surface area contributed by atoms with Gasteiger partial charge in [0.25, 0.3) is 0 Å². The summed E-state index contributed by atoms with van der Waals surface area (Å²) in [6.07, 6.45) is 0.0440.